The van der Waals surface area contributed by atoms with E-state index in [9.17, 15) is 9.90 Å². The second-order valence-electron chi connectivity index (χ2n) is 6.23. The van der Waals surface area contributed by atoms with Gasteiger partial charge in [-0.05, 0) is 17.7 Å². The van der Waals surface area contributed by atoms with Crippen molar-refractivity contribution >= 4 is 41.5 Å². The van der Waals surface area contributed by atoms with Gasteiger partial charge in [0.2, 0.25) is 5.91 Å². The van der Waals surface area contributed by atoms with Crippen molar-refractivity contribution in [2.24, 2.45) is 4.99 Å². The molecule has 1 unspecified atom stereocenters. The maximum atomic E-state index is 11.1. The molecule has 0 spiro atoms. The summed E-state index contributed by atoms with van der Waals surface area (Å²) in [5.74, 6) is 1.20. The topological polar surface area (TPSA) is 95.0 Å². The zero-order chi connectivity index (χ0) is 20.2. The van der Waals surface area contributed by atoms with Gasteiger partial charge >= 0.3 is 0 Å². The third-order valence-corrected chi connectivity index (χ3v) is 4.05. The van der Waals surface area contributed by atoms with Gasteiger partial charge in [0, 0.05) is 38.2 Å². The van der Waals surface area contributed by atoms with Crippen LogP contribution >= 0.6 is 24.0 Å². The number of ether oxygens (including phenoxy) is 1. The summed E-state index contributed by atoms with van der Waals surface area (Å²) in [6.07, 6.45) is 0. The molecule has 2 aromatic carbocycles. The van der Waals surface area contributed by atoms with Gasteiger partial charge in [-0.25, -0.2) is 0 Å². The Kier molecular flexibility index (Phi) is 11.7. The number of amides is 1. The summed E-state index contributed by atoms with van der Waals surface area (Å²) >= 11 is 0. The van der Waals surface area contributed by atoms with E-state index >= 15 is 0 Å². The molecule has 7 nitrogen and oxygen atoms in total. The molecule has 0 saturated carbocycles. The van der Waals surface area contributed by atoms with E-state index in [-0.39, 0.29) is 42.4 Å². The molecule has 1 atom stereocenters. The van der Waals surface area contributed by atoms with Gasteiger partial charge in [-0.2, -0.15) is 0 Å². The van der Waals surface area contributed by atoms with Gasteiger partial charge in [0.1, 0.15) is 12.4 Å². The Balaban J connectivity index is 0.00000420. The van der Waals surface area contributed by atoms with E-state index in [1.165, 1.54) is 6.92 Å². The minimum atomic E-state index is -0.120. The molecular weight excluding hydrogens is 483 g/mol. The van der Waals surface area contributed by atoms with Crippen molar-refractivity contribution in [3.8, 4) is 5.75 Å². The first-order valence-corrected chi connectivity index (χ1v) is 9.23. The maximum Gasteiger partial charge on any atom is 0.221 e. The number of nitrogens with zero attached hydrogens (tertiary/aromatic N) is 1. The number of aliphatic hydroxyl groups excluding tert-OH is 1. The van der Waals surface area contributed by atoms with E-state index in [0.29, 0.717) is 37.1 Å². The lowest BCUT2D eigenvalue weighted by atomic mass is 10.0. The number of hydrogen-bond acceptors (Lipinski definition) is 4. The number of aliphatic hydroxyl groups is 1. The monoisotopic (exact) mass is 512 g/mol. The van der Waals surface area contributed by atoms with Gasteiger partial charge in [-0.15, -0.1) is 24.0 Å². The van der Waals surface area contributed by atoms with Crippen molar-refractivity contribution < 1.29 is 14.6 Å². The van der Waals surface area contributed by atoms with Crippen LogP contribution in [-0.4, -0.2) is 50.3 Å². The average molecular weight is 512 g/mol. The van der Waals surface area contributed by atoms with Crippen molar-refractivity contribution in [1.82, 2.24) is 10.6 Å². The molecule has 158 valence electrons. The van der Waals surface area contributed by atoms with Gasteiger partial charge in [0.25, 0.3) is 0 Å². The SMILES string of the molecule is CN=C(NCCOc1cccc(NC(C)=O)c1)NCC(CO)c1ccccc1.I. The van der Waals surface area contributed by atoms with Crippen LogP contribution in [0.5, 0.6) is 5.75 Å². The van der Waals surface area contributed by atoms with E-state index in [1.54, 1.807) is 13.1 Å². The third-order valence-electron chi connectivity index (χ3n) is 4.05. The van der Waals surface area contributed by atoms with Crippen LogP contribution in [0, 0.1) is 0 Å². The van der Waals surface area contributed by atoms with Crippen LogP contribution in [0.4, 0.5) is 5.69 Å². The van der Waals surface area contributed by atoms with Crippen LogP contribution < -0.4 is 20.7 Å². The average Bonchev–Trinajstić information content (AvgIpc) is 2.70. The highest BCUT2D eigenvalue weighted by Gasteiger charge is 2.10. The van der Waals surface area contributed by atoms with Gasteiger partial charge in [0.15, 0.2) is 5.96 Å². The number of hydrogen-bond donors (Lipinski definition) is 4. The number of halogens is 1. The second kappa shape index (κ2) is 13.8. The summed E-state index contributed by atoms with van der Waals surface area (Å²) in [7, 11) is 1.70. The summed E-state index contributed by atoms with van der Waals surface area (Å²) in [6, 6.07) is 17.1. The predicted octanol–water partition coefficient (Wildman–Crippen LogP) is 2.58. The van der Waals surface area contributed by atoms with Gasteiger partial charge < -0.3 is 25.8 Å². The molecule has 2 aromatic rings. The molecule has 0 aromatic heterocycles. The summed E-state index contributed by atoms with van der Waals surface area (Å²) in [4.78, 5) is 15.3. The molecule has 0 heterocycles. The van der Waals surface area contributed by atoms with E-state index in [4.69, 9.17) is 4.74 Å². The van der Waals surface area contributed by atoms with Crippen LogP contribution in [-0.2, 0) is 4.79 Å². The third kappa shape index (κ3) is 9.14. The molecule has 29 heavy (non-hydrogen) atoms. The first-order chi connectivity index (χ1) is 13.6. The summed E-state index contributed by atoms with van der Waals surface area (Å²) in [6.45, 7) is 3.09. The summed E-state index contributed by atoms with van der Waals surface area (Å²) in [5, 5.41) is 18.8. The fourth-order valence-corrected chi connectivity index (χ4v) is 2.66. The Morgan fingerprint density at radius 1 is 1.14 bits per heavy atom. The lowest BCUT2D eigenvalue weighted by Gasteiger charge is -2.18. The van der Waals surface area contributed by atoms with Crippen molar-refractivity contribution in [2.45, 2.75) is 12.8 Å². The highest BCUT2D eigenvalue weighted by atomic mass is 127. The molecule has 0 aliphatic heterocycles. The molecule has 0 bridgehead atoms. The number of anilines is 1. The number of aliphatic imine (C=N–C) groups is 1. The van der Waals surface area contributed by atoms with Crippen molar-refractivity contribution in [1.29, 1.82) is 0 Å². The number of benzene rings is 2. The largest absolute Gasteiger partial charge is 0.492 e. The van der Waals surface area contributed by atoms with E-state index < -0.39 is 0 Å². The number of guanidine groups is 1. The van der Waals surface area contributed by atoms with Crippen molar-refractivity contribution in [3.63, 3.8) is 0 Å². The van der Waals surface area contributed by atoms with Gasteiger partial charge in [0.05, 0.1) is 13.2 Å². The molecule has 1 amide bonds. The molecule has 0 saturated heterocycles. The zero-order valence-electron chi connectivity index (χ0n) is 16.7. The highest BCUT2D eigenvalue weighted by Crippen LogP contribution is 2.17. The van der Waals surface area contributed by atoms with Crippen molar-refractivity contribution in [2.75, 3.05) is 38.7 Å². The molecule has 0 aliphatic rings. The summed E-state index contributed by atoms with van der Waals surface area (Å²) in [5.41, 5.74) is 1.78. The molecule has 0 fully saturated rings. The number of rotatable bonds is 9. The molecular formula is C21H29IN4O3. The van der Waals surface area contributed by atoms with Crippen LogP contribution in [0.2, 0.25) is 0 Å². The second-order valence-corrected chi connectivity index (χ2v) is 6.23. The van der Waals surface area contributed by atoms with Crippen LogP contribution in [0.25, 0.3) is 0 Å². The molecule has 0 radical (unpaired) electrons. The molecule has 8 heteroatoms. The Bertz CT molecular complexity index is 772. The van der Waals surface area contributed by atoms with Gasteiger partial charge in [-0.1, -0.05) is 36.4 Å². The Labute approximate surface area is 189 Å². The first-order valence-electron chi connectivity index (χ1n) is 9.23. The number of carbonyl (C=O) groups is 1. The minimum absolute atomic E-state index is 0. The Morgan fingerprint density at radius 2 is 1.90 bits per heavy atom. The number of carbonyl (C=O) groups excluding carboxylic acids is 1. The van der Waals surface area contributed by atoms with Gasteiger partial charge in [-0.3, -0.25) is 9.79 Å². The van der Waals surface area contributed by atoms with Crippen molar-refractivity contribution in [3.05, 3.63) is 60.2 Å². The lowest BCUT2D eigenvalue weighted by Crippen LogP contribution is -2.41. The van der Waals surface area contributed by atoms with E-state index in [0.717, 1.165) is 5.56 Å². The fourth-order valence-electron chi connectivity index (χ4n) is 2.66. The van der Waals surface area contributed by atoms with Crippen LogP contribution in [0.3, 0.4) is 0 Å². The molecule has 4 N–H and O–H groups in total. The smallest absolute Gasteiger partial charge is 0.221 e. The fraction of sp³-hybridized carbons (Fsp3) is 0.333. The Morgan fingerprint density at radius 3 is 2.55 bits per heavy atom. The quantitative estimate of drug-likeness (QED) is 0.179. The number of nitrogens with one attached hydrogen (secondary N) is 3. The van der Waals surface area contributed by atoms with E-state index in [1.807, 2.05) is 48.5 Å². The van der Waals surface area contributed by atoms with E-state index in [2.05, 4.69) is 20.9 Å². The normalized spacial score (nSPS) is 11.8. The summed E-state index contributed by atoms with van der Waals surface area (Å²) < 4.78 is 5.70. The highest BCUT2D eigenvalue weighted by molar-refractivity contribution is 14.0. The molecule has 2 rings (SSSR count). The minimum Gasteiger partial charge on any atom is -0.492 e. The van der Waals surface area contributed by atoms with Crippen LogP contribution in [0.1, 0.15) is 18.4 Å². The lowest BCUT2D eigenvalue weighted by molar-refractivity contribution is -0.114. The first kappa shape index (κ1) is 24.7. The predicted molar refractivity (Wildman–Crippen MR) is 127 cm³/mol. The standard InChI is InChI=1S/C21H28N4O3.HI/c1-16(27)25-19-9-6-10-20(13-19)28-12-11-23-21(22-2)24-14-18(15-26)17-7-4-3-5-8-17;/h3-10,13,18,26H,11-12,14-15H2,1-2H3,(H,25,27)(H2,22,23,24);1H. The molecule has 0 aliphatic carbocycles. The maximum absolute atomic E-state index is 11.1. The zero-order valence-corrected chi connectivity index (χ0v) is 19.1. The van der Waals surface area contributed by atoms with Crippen LogP contribution in [0.15, 0.2) is 59.6 Å². The Hall–Kier alpha value is -2.33.